The number of hydrogen-bond donors (Lipinski definition) is 0. The Labute approximate surface area is 130 Å². The molecule has 0 saturated heterocycles. The van der Waals surface area contributed by atoms with Crippen LogP contribution in [0.25, 0.3) is 10.8 Å². The number of pyridine rings is 1. The van der Waals surface area contributed by atoms with Gasteiger partial charge in [-0.3, -0.25) is 4.79 Å². The Morgan fingerprint density at radius 1 is 1.24 bits per heavy atom. The minimum absolute atomic E-state index is 0.0106. The van der Waals surface area contributed by atoms with E-state index < -0.39 is 0 Å². The summed E-state index contributed by atoms with van der Waals surface area (Å²) in [6.07, 6.45) is 2.55. The monoisotopic (exact) mass is 304 g/mol. The summed E-state index contributed by atoms with van der Waals surface area (Å²) in [6, 6.07) is 7.80. The van der Waals surface area contributed by atoms with Crippen LogP contribution in [0.2, 0.25) is 5.15 Å². The summed E-state index contributed by atoms with van der Waals surface area (Å²) in [5.41, 5.74) is 0.605. The van der Waals surface area contributed by atoms with E-state index in [2.05, 4.69) is 25.8 Å². The Hall–Kier alpha value is -1.61. The largest absolute Gasteiger partial charge is 0.339 e. The molecule has 0 radical (unpaired) electrons. The maximum absolute atomic E-state index is 12.7. The number of nitrogens with zero attached hydrogens (tertiary/aromatic N) is 2. The summed E-state index contributed by atoms with van der Waals surface area (Å²) in [4.78, 5) is 18.7. The predicted molar refractivity (Wildman–Crippen MR) is 87.8 cm³/mol. The summed E-state index contributed by atoms with van der Waals surface area (Å²) in [7, 11) is 1.85. The third kappa shape index (κ3) is 3.35. The minimum atomic E-state index is -0.0106. The first kappa shape index (κ1) is 15.8. The molecular formula is C17H21ClN2O. The molecule has 0 aliphatic heterocycles. The molecule has 2 rings (SSSR count). The summed E-state index contributed by atoms with van der Waals surface area (Å²) < 4.78 is 0. The van der Waals surface area contributed by atoms with Gasteiger partial charge in [0.1, 0.15) is 5.15 Å². The zero-order valence-corrected chi connectivity index (χ0v) is 13.7. The lowest BCUT2D eigenvalue weighted by Gasteiger charge is -2.26. The molecule has 4 heteroatoms. The van der Waals surface area contributed by atoms with Gasteiger partial charge in [0.2, 0.25) is 0 Å². The van der Waals surface area contributed by atoms with Crippen LogP contribution in [0.3, 0.4) is 0 Å². The van der Waals surface area contributed by atoms with E-state index in [-0.39, 0.29) is 11.9 Å². The average Bonchev–Trinajstić information content (AvgIpc) is 2.46. The van der Waals surface area contributed by atoms with Crippen LogP contribution in [0.15, 0.2) is 30.5 Å². The third-order valence-corrected chi connectivity index (χ3v) is 4.07. The van der Waals surface area contributed by atoms with E-state index in [9.17, 15) is 4.79 Å². The molecule has 0 aliphatic rings. The summed E-state index contributed by atoms with van der Waals surface area (Å²) >= 11 is 6.11. The number of hydrogen-bond acceptors (Lipinski definition) is 2. The first-order chi connectivity index (χ1) is 9.91. The second kappa shape index (κ2) is 6.44. The van der Waals surface area contributed by atoms with Crippen molar-refractivity contribution in [2.45, 2.75) is 33.2 Å². The van der Waals surface area contributed by atoms with Crippen LogP contribution in [0, 0.1) is 5.92 Å². The number of aromatic nitrogens is 1. The number of rotatable bonds is 4. The van der Waals surface area contributed by atoms with Gasteiger partial charge in [0.15, 0.2) is 0 Å². The normalized spacial score (nSPS) is 12.7. The first-order valence-electron chi connectivity index (χ1n) is 7.22. The summed E-state index contributed by atoms with van der Waals surface area (Å²) in [5.74, 6) is 0.541. The van der Waals surface area contributed by atoms with E-state index in [1.165, 1.54) is 0 Å². The molecule has 1 aromatic heterocycles. The quantitative estimate of drug-likeness (QED) is 0.785. The number of halogens is 1. The highest BCUT2D eigenvalue weighted by Gasteiger charge is 2.21. The fourth-order valence-electron chi connectivity index (χ4n) is 2.56. The minimum Gasteiger partial charge on any atom is -0.339 e. The Balaban J connectivity index is 2.38. The Morgan fingerprint density at radius 2 is 1.86 bits per heavy atom. The van der Waals surface area contributed by atoms with Gasteiger partial charge >= 0.3 is 0 Å². The van der Waals surface area contributed by atoms with E-state index >= 15 is 0 Å². The lowest BCUT2D eigenvalue weighted by Crippen LogP contribution is -2.36. The molecule has 0 aliphatic carbocycles. The second-order valence-corrected chi connectivity index (χ2v) is 6.26. The van der Waals surface area contributed by atoms with Crippen LogP contribution in [0.1, 0.15) is 37.6 Å². The Morgan fingerprint density at radius 3 is 2.48 bits per heavy atom. The number of amides is 1. The van der Waals surface area contributed by atoms with Crippen molar-refractivity contribution in [1.29, 1.82) is 0 Å². The SMILES string of the molecule is CC(C)CC(C)N(C)C(=O)c1cnc(Cl)c2ccccc12. The van der Waals surface area contributed by atoms with E-state index in [4.69, 9.17) is 11.6 Å². The number of benzene rings is 1. The zero-order valence-electron chi connectivity index (χ0n) is 12.9. The van der Waals surface area contributed by atoms with Crippen LogP contribution in [-0.4, -0.2) is 28.9 Å². The number of carbonyl (C=O) groups excluding carboxylic acids is 1. The summed E-state index contributed by atoms with van der Waals surface area (Å²) in [6.45, 7) is 6.39. The lowest BCUT2D eigenvalue weighted by molar-refractivity contribution is 0.0730. The topological polar surface area (TPSA) is 33.2 Å². The van der Waals surface area contributed by atoms with E-state index in [1.54, 1.807) is 11.1 Å². The molecule has 0 saturated carbocycles. The van der Waals surface area contributed by atoms with Crippen molar-refractivity contribution in [2.24, 2.45) is 5.92 Å². The van der Waals surface area contributed by atoms with Gasteiger partial charge in [-0.05, 0) is 24.6 Å². The molecule has 1 aromatic carbocycles. The smallest absolute Gasteiger partial charge is 0.256 e. The Kier molecular flexibility index (Phi) is 4.84. The molecule has 1 atom stereocenters. The number of fused-ring (bicyclic) bond motifs is 1. The highest BCUT2D eigenvalue weighted by molar-refractivity contribution is 6.34. The van der Waals surface area contributed by atoms with Crippen LogP contribution < -0.4 is 0 Å². The molecular weight excluding hydrogens is 284 g/mol. The van der Waals surface area contributed by atoms with Crippen LogP contribution >= 0.6 is 11.6 Å². The van der Waals surface area contributed by atoms with Gasteiger partial charge < -0.3 is 4.90 Å². The fourth-order valence-corrected chi connectivity index (χ4v) is 2.77. The fraction of sp³-hybridized carbons (Fsp3) is 0.412. The maximum atomic E-state index is 12.7. The Bertz CT molecular complexity index is 654. The van der Waals surface area contributed by atoms with E-state index in [0.717, 1.165) is 17.2 Å². The van der Waals surface area contributed by atoms with Crippen molar-refractivity contribution in [3.63, 3.8) is 0 Å². The van der Waals surface area contributed by atoms with Crippen molar-refractivity contribution >= 4 is 28.3 Å². The molecule has 2 aromatic rings. The van der Waals surface area contributed by atoms with Crippen LogP contribution in [0.5, 0.6) is 0 Å². The molecule has 0 spiro atoms. The average molecular weight is 305 g/mol. The molecule has 0 fully saturated rings. The highest BCUT2D eigenvalue weighted by Crippen LogP contribution is 2.25. The van der Waals surface area contributed by atoms with Gasteiger partial charge in [-0.25, -0.2) is 4.98 Å². The van der Waals surface area contributed by atoms with Gasteiger partial charge in [0.25, 0.3) is 5.91 Å². The van der Waals surface area contributed by atoms with Gasteiger partial charge in [-0.15, -0.1) is 0 Å². The summed E-state index contributed by atoms with van der Waals surface area (Å²) in [5, 5.41) is 2.10. The van der Waals surface area contributed by atoms with Crippen LogP contribution in [-0.2, 0) is 0 Å². The van der Waals surface area contributed by atoms with Crippen molar-refractivity contribution in [2.75, 3.05) is 7.05 Å². The van der Waals surface area contributed by atoms with Gasteiger partial charge in [-0.1, -0.05) is 49.7 Å². The van der Waals surface area contributed by atoms with Crippen molar-refractivity contribution in [3.05, 3.63) is 41.2 Å². The molecule has 112 valence electrons. The number of carbonyl (C=O) groups is 1. The molecule has 1 unspecified atom stereocenters. The zero-order chi connectivity index (χ0) is 15.6. The predicted octanol–water partition coefficient (Wildman–Crippen LogP) is 4.39. The lowest BCUT2D eigenvalue weighted by atomic mass is 10.0. The molecule has 0 bridgehead atoms. The van der Waals surface area contributed by atoms with Gasteiger partial charge in [-0.2, -0.15) is 0 Å². The molecule has 1 amide bonds. The van der Waals surface area contributed by atoms with E-state index in [1.807, 2.05) is 31.3 Å². The van der Waals surface area contributed by atoms with Crippen molar-refractivity contribution in [1.82, 2.24) is 9.88 Å². The van der Waals surface area contributed by atoms with Gasteiger partial charge in [0.05, 0.1) is 5.56 Å². The maximum Gasteiger partial charge on any atom is 0.256 e. The molecule has 21 heavy (non-hydrogen) atoms. The second-order valence-electron chi connectivity index (χ2n) is 5.90. The first-order valence-corrected chi connectivity index (χ1v) is 7.60. The van der Waals surface area contributed by atoms with Crippen LogP contribution in [0.4, 0.5) is 0 Å². The van der Waals surface area contributed by atoms with Crippen molar-refractivity contribution < 1.29 is 4.79 Å². The molecule has 3 nitrogen and oxygen atoms in total. The van der Waals surface area contributed by atoms with Gasteiger partial charge in [0, 0.05) is 24.7 Å². The standard InChI is InChI=1S/C17H21ClN2O/c1-11(2)9-12(3)20(4)17(21)15-10-19-16(18)14-8-6-5-7-13(14)15/h5-8,10-12H,9H2,1-4H3. The highest BCUT2D eigenvalue weighted by atomic mass is 35.5. The van der Waals surface area contributed by atoms with Crippen molar-refractivity contribution in [3.8, 4) is 0 Å². The molecule has 0 N–H and O–H groups in total. The molecule has 1 heterocycles. The third-order valence-electron chi connectivity index (χ3n) is 3.77. The van der Waals surface area contributed by atoms with E-state index in [0.29, 0.717) is 16.6 Å².